The Morgan fingerprint density at radius 2 is 1.76 bits per heavy atom. The van der Waals surface area contributed by atoms with Crippen molar-refractivity contribution in [1.29, 1.82) is 0 Å². The van der Waals surface area contributed by atoms with Crippen LogP contribution < -0.4 is 5.32 Å². The van der Waals surface area contributed by atoms with Gasteiger partial charge in [0.15, 0.2) is 19.7 Å². The summed E-state index contributed by atoms with van der Waals surface area (Å²) in [5.41, 5.74) is 1.05. The van der Waals surface area contributed by atoms with Crippen LogP contribution in [-0.4, -0.2) is 71.7 Å². The zero-order valence-corrected chi connectivity index (χ0v) is 16.9. The third-order valence-electron chi connectivity index (χ3n) is 4.54. The Labute approximate surface area is 151 Å². The molecule has 142 valence electrons. The molecule has 8 heteroatoms. The topological polar surface area (TPSA) is 83.5 Å². The van der Waals surface area contributed by atoms with Gasteiger partial charge in [-0.3, -0.25) is 0 Å². The smallest absolute Gasteiger partial charge is 0.183 e. The number of benzene rings is 1. The maximum atomic E-state index is 13.0. The van der Waals surface area contributed by atoms with Crippen LogP contribution >= 0.6 is 0 Å². The van der Waals surface area contributed by atoms with Crippen molar-refractivity contribution in [2.75, 3.05) is 38.7 Å². The van der Waals surface area contributed by atoms with E-state index in [9.17, 15) is 16.8 Å². The minimum atomic E-state index is -3.71. The van der Waals surface area contributed by atoms with Crippen molar-refractivity contribution in [3.05, 3.63) is 29.8 Å². The van der Waals surface area contributed by atoms with Gasteiger partial charge in [-0.25, -0.2) is 16.8 Å². The van der Waals surface area contributed by atoms with E-state index < -0.39 is 31.0 Å². The highest BCUT2D eigenvalue weighted by Gasteiger charge is 2.45. The fraction of sp³-hybridized carbons (Fsp3) is 0.647. The molecule has 0 spiro atoms. The normalized spacial score (nSPS) is 23.4. The van der Waals surface area contributed by atoms with E-state index in [0.717, 1.165) is 5.56 Å². The summed E-state index contributed by atoms with van der Waals surface area (Å²) < 4.78 is 50.1. The quantitative estimate of drug-likeness (QED) is 0.747. The van der Waals surface area contributed by atoms with Crippen molar-refractivity contribution < 1.29 is 16.8 Å². The van der Waals surface area contributed by atoms with Gasteiger partial charge in [-0.05, 0) is 37.7 Å². The van der Waals surface area contributed by atoms with E-state index in [1.807, 2.05) is 32.8 Å². The van der Waals surface area contributed by atoms with Crippen LogP contribution in [0.3, 0.4) is 0 Å². The molecular weight excluding hydrogens is 360 g/mol. The molecule has 1 aliphatic heterocycles. The molecule has 0 saturated carbocycles. The molecule has 1 aromatic carbocycles. The number of nitrogens with one attached hydrogen (secondary N) is 1. The first-order valence-corrected chi connectivity index (χ1v) is 11.8. The number of hydrogen-bond donors (Lipinski definition) is 1. The van der Waals surface area contributed by atoms with Crippen LogP contribution in [0.2, 0.25) is 0 Å². The summed E-state index contributed by atoms with van der Waals surface area (Å²) in [6.45, 7) is 5.34. The van der Waals surface area contributed by atoms with Gasteiger partial charge in [0.25, 0.3) is 0 Å². The molecule has 1 heterocycles. The first-order valence-electron chi connectivity index (χ1n) is 8.45. The van der Waals surface area contributed by atoms with Gasteiger partial charge in [0.2, 0.25) is 0 Å². The summed E-state index contributed by atoms with van der Waals surface area (Å²) in [5.74, 6) is -0.140. The Morgan fingerprint density at radius 1 is 1.16 bits per heavy atom. The molecule has 2 rings (SSSR count). The van der Waals surface area contributed by atoms with E-state index in [4.69, 9.17) is 0 Å². The molecule has 0 aliphatic carbocycles. The van der Waals surface area contributed by atoms with E-state index in [0.29, 0.717) is 19.0 Å². The van der Waals surface area contributed by atoms with Gasteiger partial charge in [-0.15, -0.1) is 0 Å². The predicted molar refractivity (Wildman–Crippen MR) is 101 cm³/mol. The molecule has 1 saturated heterocycles. The van der Waals surface area contributed by atoms with Crippen molar-refractivity contribution >= 4 is 19.7 Å². The van der Waals surface area contributed by atoms with Crippen molar-refractivity contribution in [3.63, 3.8) is 0 Å². The Bertz CT molecular complexity index is 784. The van der Waals surface area contributed by atoms with Gasteiger partial charge in [-0.2, -0.15) is 0 Å². The van der Waals surface area contributed by atoms with Crippen molar-refractivity contribution in [2.24, 2.45) is 0 Å². The Morgan fingerprint density at radius 3 is 2.28 bits per heavy atom. The summed E-state index contributed by atoms with van der Waals surface area (Å²) in [7, 11) is -3.24. The van der Waals surface area contributed by atoms with Gasteiger partial charge in [-0.1, -0.05) is 26.0 Å². The molecule has 1 fully saturated rings. The third-order valence-corrected chi connectivity index (χ3v) is 8.71. The molecule has 2 atom stereocenters. The first-order chi connectivity index (χ1) is 11.5. The lowest BCUT2D eigenvalue weighted by Gasteiger charge is -2.21. The number of rotatable bonds is 7. The summed E-state index contributed by atoms with van der Waals surface area (Å²) >= 11 is 0. The van der Waals surface area contributed by atoms with Gasteiger partial charge in [0, 0.05) is 19.1 Å². The highest BCUT2D eigenvalue weighted by atomic mass is 32.2. The molecule has 25 heavy (non-hydrogen) atoms. The van der Waals surface area contributed by atoms with Gasteiger partial charge in [0.1, 0.15) is 0 Å². The number of sulfone groups is 2. The zero-order chi connectivity index (χ0) is 18.8. The molecule has 1 aromatic rings. The van der Waals surface area contributed by atoms with E-state index in [2.05, 4.69) is 5.32 Å². The third kappa shape index (κ3) is 5.03. The highest BCUT2D eigenvalue weighted by Crippen LogP contribution is 2.27. The first kappa shape index (κ1) is 20.4. The van der Waals surface area contributed by atoms with Crippen LogP contribution in [-0.2, 0) is 19.7 Å². The molecular formula is C17H28N2O4S2. The fourth-order valence-corrected chi connectivity index (χ4v) is 7.72. The van der Waals surface area contributed by atoms with Crippen LogP contribution in [0, 0.1) is 0 Å². The molecule has 0 aromatic heterocycles. The average Bonchev–Trinajstić information content (AvgIpc) is 2.82. The van der Waals surface area contributed by atoms with Crippen molar-refractivity contribution in [2.45, 2.75) is 36.0 Å². The molecule has 0 bridgehead atoms. The van der Waals surface area contributed by atoms with Crippen LogP contribution in [0.25, 0.3) is 0 Å². The second-order valence-corrected chi connectivity index (χ2v) is 11.6. The maximum Gasteiger partial charge on any atom is 0.183 e. The number of nitrogens with zero attached hydrogens (tertiary/aromatic N) is 1. The molecule has 1 aliphatic rings. The lowest BCUT2D eigenvalue weighted by molar-refractivity contribution is 0.388. The van der Waals surface area contributed by atoms with Gasteiger partial charge < -0.3 is 10.2 Å². The lowest BCUT2D eigenvalue weighted by atomic mass is 10.0. The Balaban J connectivity index is 2.24. The van der Waals surface area contributed by atoms with Crippen LogP contribution in [0.15, 0.2) is 29.2 Å². The van der Waals surface area contributed by atoms with Gasteiger partial charge >= 0.3 is 0 Å². The molecule has 0 amide bonds. The maximum absolute atomic E-state index is 13.0. The molecule has 0 unspecified atom stereocenters. The van der Waals surface area contributed by atoms with Crippen LogP contribution in [0.5, 0.6) is 0 Å². The Hall–Kier alpha value is -0.960. The molecule has 6 nitrogen and oxygen atoms in total. The van der Waals surface area contributed by atoms with E-state index in [1.54, 1.807) is 24.3 Å². The monoisotopic (exact) mass is 388 g/mol. The molecule has 1 N–H and O–H groups in total. The minimum absolute atomic E-state index is 0.131. The Kier molecular flexibility index (Phi) is 6.30. The highest BCUT2D eigenvalue weighted by molar-refractivity contribution is 7.96. The van der Waals surface area contributed by atoms with Crippen molar-refractivity contribution in [1.82, 2.24) is 10.2 Å². The van der Waals surface area contributed by atoms with Gasteiger partial charge in [0.05, 0.1) is 21.7 Å². The zero-order valence-electron chi connectivity index (χ0n) is 15.3. The number of hydrogen-bond acceptors (Lipinski definition) is 6. The largest absolute Gasteiger partial charge is 0.310 e. The predicted octanol–water partition coefficient (Wildman–Crippen LogP) is 0.901. The fourth-order valence-electron chi connectivity index (χ4n) is 3.00. The minimum Gasteiger partial charge on any atom is -0.310 e. The second kappa shape index (κ2) is 7.73. The van der Waals surface area contributed by atoms with Crippen molar-refractivity contribution in [3.8, 4) is 0 Å². The van der Waals surface area contributed by atoms with E-state index >= 15 is 0 Å². The average molecular weight is 389 g/mol. The lowest BCUT2D eigenvalue weighted by Crippen LogP contribution is -2.45. The summed E-state index contributed by atoms with van der Waals surface area (Å²) in [4.78, 5) is 2.16. The van der Waals surface area contributed by atoms with Crippen LogP contribution in [0.4, 0.5) is 0 Å². The van der Waals surface area contributed by atoms with E-state index in [-0.39, 0.29) is 16.4 Å². The summed E-state index contributed by atoms with van der Waals surface area (Å²) in [6.07, 6.45) is 0. The standard InChI is InChI=1S/C17H28N2O4S2/c1-13(2)14-5-7-15(8-6-14)25(22,23)17-12-24(20,21)11-16(17)18-9-10-19(3)4/h5-8,13,16-18H,9-12H2,1-4H3/t16-,17-/m0/s1. The SMILES string of the molecule is CC(C)c1ccc(S(=O)(=O)[C@H]2CS(=O)(=O)C[C@@H]2NCCN(C)C)cc1. The molecule has 0 radical (unpaired) electrons. The summed E-state index contributed by atoms with van der Waals surface area (Å²) in [6, 6.07) is 6.21. The van der Waals surface area contributed by atoms with Crippen LogP contribution in [0.1, 0.15) is 25.3 Å². The second-order valence-electron chi connectivity index (χ2n) is 7.25. The number of likely N-dealkylation sites (N-methyl/N-ethyl adjacent to an activating group) is 1. The van der Waals surface area contributed by atoms with E-state index in [1.165, 1.54) is 0 Å². The summed E-state index contributed by atoms with van der Waals surface area (Å²) in [5, 5.41) is 2.18.